The Kier molecular flexibility index (Phi) is 21.8. The standard InChI is InChI=1S/C18H30O4S.C3H9N.C2H7N/c1-2-3-4-5-6-7-8-9-10-11-12-17-13-15-18(16-14-17)22-23(19,20)21;1-4(2)3;1-3-2/h13-16H,2-12H2,1H3,(H,19,20,21);1-3H3;3H,1-2H3. The number of benzene rings is 1. The summed E-state index contributed by atoms with van der Waals surface area (Å²) in [7, 11) is 5.32. The number of nitrogens with zero attached hydrogens (tertiary/aromatic N) is 1. The van der Waals surface area contributed by atoms with Crippen LogP contribution >= 0.6 is 0 Å². The molecule has 0 saturated carbocycles. The minimum Gasteiger partial charge on any atom is -0.362 e. The van der Waals surface area contributed by atoms with Gasteiger partial charge in [0.2, 0.25) is 0 Å². The van der Waals surface area contributed by atoms with Gasteiger partial charge in [0.15, 0.2) is 0 Å². The predicted octanol–water partition coefficient (Wildman–Crippen LogP) is 5.35. The molecule has 0 aliphatic heterocycles. The van der Waals surface area contributed by atoms with Crippen molar-refractivity contribution in [1.29, 1.82) is 0 Å². The van der Waals surface area contributed by atoms with Crippen molar-refractivity contribution < 1.29 is 17.2 Å². The minimum absolute atomic E-state index is 0.138. The molecule has 0 atom stereocenters. The number of unbranched alkanes of at least 4 members (excludes halogenated alkanes) is 9. The number of hydrogen-bond acceptors (Lipinski definition) is 5. The van der Waals surface area contributed by atoms with Crippen molar-refractivity contribution in [3.8, 4) is 5.75 Å². The lowest BCUT2D eigenvalue weighted by atomic mass is 10.0. The summed E-state index contributed by atoms with van der Waals surface area (Å²) in [4.78, 5) is 2.00. The van der Waals surface area contributed by atoms with Gasteiger partial charge in [-0.1, -0.05) is 76.8 Å². The maximum Gasteiger partial charge on any atom is 0.446 e. The van der Waals surface area contributed by atoms with E-state index in [4.69, 9.17) is 4.55 Å². The maximum atomic E-state index is 10.6. The molecule has 30 heavy (non-hydrogen) atoms. The molecule has 0 spiro atoms. The van der Waals surface area contributed by atoms with Crippen LogP contribution in [0.3, 0.4) is 0 Å². The summed E-state index contributed by atoms with van der Waals surface area (Å²) < 4.78 is 34.2. The topological polar surface area (TPSA) is 78.9 Å². The van der Waals surface area contributed by atoms with Crippen LogP contribution in [0.1, 0.15) is 76.7 Å². The summed E-state index contributed by atoms with van der Waals surface area (Å²) in [6, 6.07) is 6.82. The van der Waals surface area contributed by atoms with Crippen LogP contribution in [0, 0.1) is 0 Å². The first-order valence-corrected chi connectivity index (χ1v) is 12.5. The number of hydrogen-bond donors (Lipinski definition) is 2. The zero-order valence-electron chi connectivity index (χ0n) is 20.1. The summed E-state index contributed by atoms with van der Waals surface area (Å²) in [5.41, 5.74) is 1.16. The van der Waals surface area contributed by atoms with E-state index in [9.17, 15) is 8.42 Å². The third kappa shape index (κ3) is 26.9. The molecule has 7 heteroatoms. The lowest BCUT2D eigenvalue weighted by molar-refractivity contribution is 0.386. The van der Waals surface area contributed by atoms with E-state index in [1.54, 1.807) is 12.1 Å². The molecule has 6 nitrogen and oxygen atoms in total. The summed E-state index contributed by atoms with van der Waals surface area (Å²) in [6.45, 7) is 2.25. The lowest BCUT2D eigenvalue weighted by Crippen LogP contribution is -2.06. The van der Waals surface area contributed by atoms with Crippen molar-refractivity contribution in [1.82, 2.24) is 10.2 Å². The Morgan fingerprint density at radius 2 is 1.20 bits per heavy atom. The fourth-order valence-electron chi connectivity index (χ4n) is 2.65. The lowest BCUT2D eigenvalue weighted by Gasteiger charge is -2.05. The van der Waals surface area contributed by atoms with Gasteiger partial charge in [-0.25, -0.2) is 0 Å². The molecule has 0 aliphatic rings. The molecule has 0 fully saturated rings. The highest BCUT2D eigenvalue weighted by molar-refractivity contribution is 7.81. The van der Waals surface area contributed by atoms with Gasteiger partial charge in [-0.3, -0.25) is 4.55 Å². The fraction of sp³-hybridized carbons (Fsp3) is 0.739. The van der Waals surface area contributed by atoms with E-state index in [0.29, 0.717) is 0 Å². The fourth-order valence-corrected chi connectivity index (χ4v) is 3.00. The van der Waals surface area contributed by atoms with Gasteiger partial charge in [-0.2, -0.15) is 8.42 Å². The van der Waals surface area contributed by atoms with Gasteiger partial charge in [0.25, 0.3) is 0 Å². The minimum atomic E-state index is -4.43. The largest absolute Gasteiger partial charge is 0.446 e. The van der Waals surface area contributed by atoms with E-state index in [2.05, 4.69) is 16.4 Å². The van der Waals surface area contributed by atoms with Crippen LogP contribution in [0.4, 0.5) is 0 Å². The predicted molar refractivity (Wildman–Crippen MR) is 129 cm³/mol. The first kappa shape index (κ1) is 31.0. The number of nitrogens with one attached hydrogen (secondary N) is 1. The smallest absolute Gasteiger partial charge is 0.362 e. The van der Waals surface area contributed by atoms with Gasteiger partial charge < -0.3 is 14.4 Å². The zero-order valence-corrected chi connectivity index (χ0v) is 20.9. The summed E-state index contributed by atoms with van der Waals surface area (Å²) >= 11 is 0. The second-order valence-electron chi connectivity index (χ2n) is 7.93. The van der Waals surface area contributed by atoms with E-state index < -0.39 is 10.4 Å². The molecular formula is C23H46N2O4S. The molecule has 0 aromatic heterocycles. The number of rotatable bonds is 13. The Labute approximate surface area is 186 Å². The highest BCUT2D eigenvalue weighted by Crippen LogP contribution is 2.16. The van der Waals surface area contributed by atoms with E-state index in [-0.39, 0.29) is 5.75 Å². The van der Waals surface area contributed by atoms with Gasteiger partial charge in [-0.15, -0.1) is 0 Å². The van der Waals surface area contributed by atoms with Crippen molar-refractivity contribution >= 4 is 10.4 Å². The molecule has 0 aliphatic carbocycles. The van der Waals surface area contributed by atoms with E-state index in [1.807, 2.05) is 52.3 Å². The molecule has 178 valence electrons. The Morgan fingerprint density at radius 3 is 1.57 bits per heavy atom. The monoisotopic (exact) mass is 446 g/mol. The summed E-state index contributed by atoms with van der Waals surface area (Å²) in [5, 5.41) is 2.75. The molecule has 0 unspecified atom stereocenters. The quantitative estimate of drug-likeness (QED) is 0.314. The molecule has 1 rings (SSSR count). The van der Waals surface area contributed by atoms with Gasteiger partial charge in [0.1, 0.15) is 5.75 Å². The molecule has 0 radical (unpaired) electrons. The summed E-state index contributed by atoms with van der Waals surface area (Å²) in [6.07, 6.45) is 14.2. The van der Waals surface area contributed by atoms with Crippen LogP contribution in [0.25, 0.3) is 0 Å². The molecular weight excluding hydrogens is 400 g/mol. The molecule has 0 heterocycles. The first-order valence-electron chi connectivity index (χ1n) is 11.1. The van der Waals surface area contributed by atoms with Gasteiger partial charge >= 0.3 is 10.4 Å². The average molecular weight is 447 g/mol. The van der Waals surface area contributed by atoms with Crippen molar-refractivity contribution in [3.63, 3.8) is 0 Å². The molecule has 1 aromatic rings. The first-order chi connectivity index (χ1) is 14.2. The van der Waals surface area contributed by atoms with Crippen molar-refractivity contribution in [3.05, 3.63) is 29.8 Å². The van der Waals surface area contributed by atoms with Gasteiger partial charge in [0.05, 0.1) is 0 Å². The third-order valence-electron chi connectivity index (χ3n) is 3.94. The normalized spacial score (nSPS) is 10.7. The van der Waals surface area contributed by atoms with E-state index >= 15 is 0 Å². The molecule has 2 N–H and O–H groups in total. The number of aryl methyl sites for hydroxylation is 1. The van der Waals surface area contributed by atoms with Crippen molar-refractivity contribution in [2.24, 2.45) is 0 Å². The SMILES string of the molecule is CCCCCCCCCCCCc1ccc(OS(=O)(=O)O)cc1.CN(C)C.CNC. The molecule has 0 amide bonds. The van der Waals surface area contributed by atoms with E-state index in [1.165, 1.54) is 57.8 Å². The molecule has 1 aromatic carbocycles. The second-order valence-corrected chi connectivity index (χ2v) is 8.95. The Bertz CT molecular complexity index is 573. The summed E-state index contributed by atoms with van der Waals surface area (Å²) in [5.74, 6) is 0.138. The van der Waals surface area contributed by atoms with Crippen LogP contribution in [-0.4, -0.2) is 53.1 Å². The van der Waals surface area contributed by atoms with Gasteiger partial charge in [0, 0.05) is 0 Å². The van der Waals surface area contributed by atoms with Crippen molar-refractivity contribution in [2.75, 3.05) is 35.2 Å². The average Bonchev–Trinajstić information content (AvgIpc) is 2.63. The highest BCUT2D eigenvalue weighted by atomic mass is 32.3. The Morgan fingerprint density at radius 1 is 0.833 bits per heavy atom. The van der Waals surface area contributed by atoms with Crippen LogP contribution < -0.4 is 9.50 Å². The second kappa shape index (κ2) is 21.1. The van der Waals surface area contributed by atoms with Crippen LogP contribution in [0.2, 0.25) is 0 Å². The van der Waals surface area contributed by atoms with Crippen LogP contribution in [-0.2, 0) is 16.8 Å². The maximum absolute atomic E-state index is 10.6. The third-order valence-corrected chi connectivity index (χ3v) is 4.35. The Hall–Kier alpha value is -1.15. The molecule has 0 saturated heterocycles. The van der Waals surface area contributed by atoms with E-state index in [0.717, 1.165) is 18.4 Å². The van der Waals surface area contributed by atoms with Crippen LogP contribution in [0.15, 0.2) is 24.3 Å². The van der Waals surface area contributed by atoms with Crippen LogP contribution in [0.5, 0.6) is 5.75 Å². The van der Waals surface area contributed by atoms with Crippen molar-refractivity contribution in [2.45, 2.75) is 77.6 Å². The molecule has 0 bridgehead atoms. The Balaban J connectivity index is 0. The zero-order chi connectivity index (χ0) is 23.3. The van der Waals surface area contributed by atoms with Gasteiger partial charge in [-0.05, 0) is 65.8 Å². The highest BCUT2D eigenvalue weighted by Gasteiger charge is 2.06.